The molecule has 1 aliphatic rings. The third-order valence-electron chi connectivity index (χ3n) is 3.12. The number of esters is 1. The van der Waals surface area contributed by atoms with Crippen LogP contribution in [-0.4, -0.2) is 41.4 Å². The van der Waals surface area contributed by atoms with Crippen molar-refractivity contribution < 1.29 is 23.5 Å². The van der Waals surface area contributed by atoms with E-state index in [2.05, 4.69) is 10.6 Å². The molecule has 2 rings (SSSR count). The molecule has 1 aromatic carbocycles. The van der Waals surface area contributed by atoms with Crippen molar-refractivity contribution in [2.45, 2.75) is 24.6 Å². The minimum Gasteiger partial charge on any atom is -0.464 e. The molecule has 124 valence electrons. The lowest BCUT2D eigenvalue weighted by Gasteiger charge is -2.27. The molecule has 2 atom stereocenters. The predicted octanol–water partition coefficient (Wildman–Crippen LogP) is 1.32. The van der Waals surface area contributed by atoms with Crippen LogP contribution < -0.4 is 10.6 Å². The summed E-state index contributed by atoms with van der Waals surface area (Å²) in [6.45, 7) is 1.94. The van der Waals surface area contributed by atoms with E-state index < -0.39 is 29.0 Å². The number of amides is 2. The van der Waals surface area contributed by atoms with Crippen LogP contribution in [0.15, 0.2) is 24.3 Å². The van der Waals surface area contributed by atoms with Crippen LogP contribution in [0.5, 0.6) is 0 Å². The van der Waals surface area contributed by atoms with E-state index in [0.29, 0.717) is 11.4 Å². The van der Waals surface area contributed by atoms with E-state index in [1.54, 1.807) is 13.0 Å². The fourth-order valence-electron chi connectivity index (χ4n) is 2.06. The molecular formula is C15H17FN2O4S. The van der Waals surface area contributed by atoms with E-state index in [4.69, 9.17) is 4.74 Å². The molecule has 8 heteroatoms. The molecule has 0 bridgehead atoms. The first-order valence-corrected chi connectivity index (χ1v) is 8.18. The number of anilines is 1. The molecule has 0 aromatic heterocycles. The molecule has 6 nitrogen and oxygen atoms in total. The Kier molecular flexibility index (Phi) is 5.97. The van der Waals surface area contributed by atoms with Gasteiger partial charge in [-0.25, -0.2) is 9.18 Å². The molecule has 1 saturated heterocycles. The molecule has 0 aliphatic carbocycles. The summed E-state index contributed by atoms with van der Waals surface area (Å²) < 4.78 is 17.9. The second-order valence-electron chi connectivity index (χ2n) is 4.90. The van der Waals surface area contributed by atoms with Gasteiger partial charge in [0, 0.05) is 17.9 Å². The van der Waals surface area contributed by atoms with Gasteiger partial charge in [-0.3, -0.25) is 9.59 Å². The van der Waals surface area contributed by atoms with E-state index in [1.807, 2.05) is 0 Å². The van der Waals surface area contributed by atoms with Crippen molar-refractivity contribution in [1.29, 1.82) is 0 Å². The van der Waals surface area contributed by atoms with Crippen LogP contribution >= 0.6 is 11.8 Å². The number of hydrogen-bond donors (Lipinski definition) is 2. The first-order valence-electron chi connectivity index (χ1n) is 7.13. The SMILES string of the molecule is CCOC(=O)[C@@H]1CS[C@H](CC(=O)Nc2cccc(F)c2)C(=O)N1. The number of ether oxygens (including phenoxy) is 1. The maximum Gasteiger partial charge on any atom is 0.329 e. The lowest BCUT2D eigenvalue weighted by molar-refractivity contribution is -0.146. The van der Waals surface area contributed by atoms with Gasteiger partial charge in [0.05, 0.1) is 11.9 Å². The molecule has 1 aromatic rings. The molecule has 2 N–H and O–H groups in total. The van der Waals surface area contributed by atoms with E-state index in [-0.39, 0.29) is 18.9 Å². The van der Waals surface area contributed by atoms with Crippen LogP contribution in [0.4, 0.5) is 10.1 Å². The van der Waals surface area contributed by atoms with Gasteiger partial charge in [-0.15, -0.1) is 11.8 Å². The quantitative estimate of drug-likeness (QED) is 0.790. The average molecular weight is 340 g/mol. The second kappa shape index (κ2) is 7.96. The van der Waals surface area contributed by atoms with Gasteiger partial charge in [0.2, 0.25) is 11.8 Å². The third-order valence-corrected chi connectivity index (χ3v) is 4.43. The molecule has 23 heavy (non-hydrogen) atoms. The Morgan fingerprint density at radius 3 is 2.91 bits per heavy atom. The van der Waals surface area contributed by atoms with Crippen molar-refractivity contribution in [2.75, 3.05) is 17.7 Å². The zero-order valence-corrected chi connectivity index (χ0v) is 13.3. The molecule has 2 amide bonds. The van der Waals surface area contributed by atoms with Gasteiger partial charge in [0.25, 0.3) is 0 Å². The van der Waals surface area contributed by atoms with Crippen molar-refractivity contribution in [2.24, 2.45) is 0 Å². The topological polar surface area (TPSA) is 84.5 Å². The van der Waals surface area contributed by atoms with Crippen molar-refractivity contribution in [3.63, 3.8) is 0 Å². The Bertz CT molecular complexity index is 611. The fraction of sp³-hybridized carbons (Fsp3) is 0.400. The van der Waals surface area contributed by atoms with Gasteiger partial charge in [-0.05, 0) is 25.1 Å². The summed E-state index contributed by atoms with van der Waals surface area (Å²) in [5.74, 6) is -1.35. The van der Waals surface area contributed by atoms with Gasteiger partial charge in [0.15, 0.2) is 0 Å². The molecule has 1 heterocycles. The molecule has 0 unspecified atom stereocenters. The van der Waals surface area contributed by atoms with Crippen LogP contribution in [0.3, 0.4) is 0 Å². The minimum absolute atomic E-state index is 0.0530. The summed E-state index contributed by atoms with van der Waals surface area (Å²) in [6, 6.07) is 4.83. The van der Waals surface area contributed by atoms with E-state index >= 15 is 0 Å². The number of hydrogen-bond acceptors (Lipinski definition) is 5. The van der Waals surface area contributed by atoms with Gasteiger partial charge >= 0.3 is 5.97 Å². The molecule has 1 aliphatic heterocycles. The van der Waals surface area contributed by atoms with Crippen molar-refractivity contribution >= 4 is 35.2 Å². The maximum absolute atomic E-state index is 13.1. The first-order chi connectivity index (χ1) is 11.0. The predicted molar refractivity (Wildman–Crippen MR) is 84.5 cm³/mol. The Labute approximate surface area is 137 Å². The van der Waals surface area contributed by atoms with Gasteiger partial charge < -0.3 is 15.4 Å². The normalized spacial score (nSPS) is 20.5. The molecular weight excluding hydrogens is 323 g/mol. The summed E-state index contributed by atoms with van der Waals surface area (Å²) in [4.78, 5) is 35.5. The lowest BCUT2D eigenvalue weighted by Crippen LogP contribution is -2.51. The Morgan fingerprint density at radius 2 is 2.26 bits per heavy atom. The third kappa shape index (κ3) is 4.95. The van der Waals surface area contributed by atoms with E-state index in [9.17, 15) is 18.8 Å². The van der Waals surface area contributed by atoms with Crippen molar-refractivity contribution in [3.8, 4) is 0 Å². The zero-order chi connectivity index (χ0) is 16.8. The van der Waals surface area contributed by atoms with E-state index in [1.165, 1.54) is 30.0 Å². The van der Waals surface area contributed by atoms with Gasteiger partial charge in [0.1, 0.15) is 11.9 Å². The van der Waals surface area contributed by atoms with Crippen LogP contribution in [0.2, 0.25) is 0 Å². The number of carbonyl (C=O) groups excluding carboxylic acids is 3. The van der Waals surface area contributed by atoms with Crippen molar-refractivity contribution in [3.05, 3.63) is 30.1 Å². The second-order valence-corrected chi connectivity index (χ2v) is 6.13. The van der Waals surface area contributed by atoms with Crippen LogP contribution in [0.25, 0.3) is 0 Å². The fourth-order valence-corrected chi connectivity index (χ4v) is 3.20. The summed E-state index contributed by atoms with van der Waals surface area (Å²) >= 11 is 1.23. The average Bonchev–Trinajstić information content (AvgIpc) is 2.49. The smallest absolute Gasteiger partial charge is 0.329 e. The number of rotatable bonds is 5. The van der Waals surface area contributed by atoms with Crippen LogP contribution in [0.1, 0.15) is 13.3 Å². The minimum atomic E-state index is -0.685. The molecule has 1 fully saturated rings. The van der Waals surface area contributed by atoms with Crippen LogP contribution in [0, 0.1) is 5.82 Å². The number of halogens is 1. The van der Waals surface area contributed by atoms with Crippen molar-refractivity contribution in [1.82, 2.24) is 5.32 Å². The highest BCUT2D eigenvalue weighted by molar-refractivity contribution is 8.00. The summed E-state index contributed by atoms with van der Waals surface area (Å²) in [5.41, 5.74) is 0.334. The molecule has 0 radical (unpaired) electrons. The summed E-state index contributed by atoms with van der Waals surface area (Å²) in [5, 5.41) is 4.51. The van der Waals surface area contributed by atoms with Crippen LogP contribution in [-0.2, 0) is 19.1 Å². The first kappa shape index (κ1) is 17.3. The monoisotopic (exact) mass is 340 g/mol. The lowest BCUT2D eigenvalue weighted by atomic mass is 10.2. The number of thioether (sulfide) groups is 1. The number of nitrogens with one attached hydrogen (secondary N) is 2. The van der Waals surface area contributed by atoms with Gasteiger partial charge in [-0.1, -0.05) is 6.07 Å². The highest BCUT2D eigenvalue weighted by Crippen LogP contribution is 2.22. The Hall–Kier alpha value is -2.09. The highest BCUT2D eigenvalue weighted by Gasteiger charge is 2.34. The largest absolute Gasteiger partial charge is 0.464 e. The maximum atomic E-state index is 13.1. The highest BCUT2D eigenvalue weighted by atomic mass is 32.2. The Balaban J connectivity index is 1.85. The summed E-state index contributed by atoms with van der Waals surface area (Å²) in [6.07, 6.45) is -0.0530. The van der Waals surface area contributed by atoms with E-state index in [0.717, 1.165) is 0 Å². The standard InChI is InChI=1S/C15H17FN2O4S/c1-2-22-15(21)11-8-23-12(14(20)18-11)7-13(19)17-10-5-3-4-9(16)6-10/h3-6,11-12H,2,7-8H2,1H3,(H,17,19)(H,18,20)/t11-,12+/m0/s1. The molecule has 0 spiro atoms. The zero-order valence-electron chi connectivity index (χ0n) is 12.5. The molecule has 0 saturated carbocycles. The number of benzene rings is 1. The summed E-state index contributed by atoms with van der Waals surface area (Å²) in [7, 11) is 0. The Morgan fingerprint density at radius 1 is 1.48 bits per heavy atom. The van der Waals surface area contributed by atoms with Gasteiger partial charge in [-0.2, -0.15) is 0 Å². The number of carbonyl (C=O) groups is 3.